The van der Waals surface area contributed by atoms with Crippen molar-refractivity contribution in [1.82, 2.24) is 9.78 Å². The summed E-state index contributed by atoms with van der Waals surface area (Å²) in [6, 6.07) is 2.02. The van der Waals surface area contributed by atoms with Crippen molar-refractivity contribution >= 4 is 5.82 Å². The fraction of sp³-hybridized carbons (Fsp3) is 0.750. The molecule has 3 nitrogen and oxygen atoms in total. The topological polar surface area (TPSA) is 29.9 Å². The second-order valence-corrected chi connectivity index (χ2v) is 4.17. The SMILES string of the molecule is CCCCC(CC)CNc1ccn(C)n1. The fourth-order valence-electron chi connectivity index (χ4n) is 1.70. The van der Waals surface area contributed by atoms with Gasteiger partial charge in [-0.05, 0) is 12.3 Å². The predicted octanol–water partition coefficient (Wildman–Crippen LogP) is 3.05. The molecule has 1 atom stereocenters. The molecule has 1 unspecified atom stereocenters. The molecule has 0 fully saturated rings. The Morgan fingerprint density at radius 2 is 2.27 bits per heavy atom. The highest BCUT2D eigenvalue weighted by atomic mass is 15.3. The maximum atomic E-state index is 4.30. The van der Waals surface area contributed by atoms with Crippen molar-refractivity contribution in [2.75, 3.05) is 11.9 Å². The van der Waals surface area contributed by atoms with Crippen LogP contribution in [0.25, 0.3) is 0 Å². The van der Waals surface area contributed by atoms with Crippen LogP contribution in [-0.2, 0) is 7.05 Å². The van der Waals surface area contributed by atoms with E-state index < -0.39 is 0 Å². The zero-order valence-electron chi connectivity index (χ0n) is 10.2. The number of aromatic nitrogens is 2. The van der Waals surface area contributed by atoms with Gasteiger partial charge < -0.3 is 5.32 Å². The molecule has 1 heterocycles. The third kappa shape index (κ3) is 4.36. The van der Waals surface area contributed by atoms with E-state index in [-0.39, 0.29) is 0 Å². The van der Waals surface area contributed by atoms with E-state index in [1.54, 1.807) is 0 Å². The lowest BCUT2D eigenvalue weighted by molar-refractivity contribution is 0.472. The van der Waals surface area contributed by atoms with E-state index in [4.69, 9.17) is 0 Å². The van der Waals surface area contributed by atoms with Crippen molar-refractivity contribution in [3.63, 3.8) is 0 Å². The van der Waals surface area contributed by atoms with Crippen LogP contribution in [0.5, 0.6) is 0 Å². The van der Waals surface area contributed by atoms with Gasteiger partial charge in [0.1, 0.15) is 5.82 Å². The molecular weight excluding hydrogens is 186 g/mol. The largest absolute Gasteiger partial charge is 0.368 e. The molecule has 1 N–H and O–H groups in total. The lowest BCUT2D eigenvalue weighted by atomic mass is 9.99. The molecule has 1 rings (SSSR count). The Morgan fingerprint density at radius 1 is 1.47 bits per heavy atom. The molecule has 0 aliphatic rings. The average molecular weight is 209 g/mol. The summed E-state index contributed by atoms with van der Waals surface area (Å²) in [6.07, 6.45) is 7.17. The molecule has 0 amide bonds. The quantitative estimate of drug-likeness (QED) is 0.748. The van der Waals surface area contributed by atoms with Gasteiger partial charge in [-0.3, -0.25) is 4.68 Å². The van der Waals surface area contributed by atoms with E-state index in [1.807, 2.05) is 24.0 Å². The number of hydrogen-bond donors (Lipinski definition) is 1. The first-order valence-corrected chi connectivity index (χ1v) is 5.99. The maximum absolute atomic E-state index is 4.30. The highest BCUT2D eigenvalue weighted by Gasteiger charge is 2.05. The van der Waals surface area contributed by atoms with Gasteiger partial charge in [0.15, 0.2) is 0 Å². The Kier molecular flexibility index (Phi) is 5.22. The highest BCUT2D eigenvalue weighted by molar-refractivity contribution is 5.31. The van der Waals surface area contributed by atoms with Crippen LogP contribution in [0.1, 0.15) is 39.5 Å². The van der Waals surface area contributed by atoms with Crippen molar-refractivity contribution in [2.24, 2.45) is 13.0 Å². The summed E-state index contributed by atoms with van der Waals surface area (Å²) in [4.78, 5) is 0. The van der Waals surface area contributed by atoms with E-state index in [2.05, 4.69) is 24.3 Å². The number of anilines is 1. The summed E-state index contributed by atoms with van der Waals surface area (Å²) >= 11 is 0. The summed E-state index contributed by atoms with van der Waals surface area (Å²) in [5, 5.41) is 7.70. The lowest BCUT2D eigenvalue weighted by Crippen LogP contribution is -2.14. The molecule has 1 aromatic rings. The molecule has 0 spiro atoms. The van der Waals surface area contributed by atoms with E-state index in [1.165, 1.54) is 25.7 Å². The molecule has 0 saturated heterocycles. The molecule has 0 aliphatic heterocycles. The second kappa shape index (κ2) is 6.49. The van der Waals surface area contributed by atoms with Crippen LogP contribution < -0.4 is 5.32 Å². The van der Waals surface area contributed by atoms with E-state index in [0.29, 0.717) is 0 Å². The third-order valence-electron chi connectivity index (χ3n) is 2.83. The Bertz CT molecular complexity index is 268. The van der Waals surface area contributed by atoms with Gasteiger partial charge in [0.05, 0.1) is 0 Å². The van der Waals surface area contributed by atoms with Crippen LogP contribution in [-0.4, -0.2) is 16.3 Å². The Balaban J connectivity index is 2.27. The molecule has 0 aliphatic carbocycles. The fourth-order valence-corrected chi connectivity index (χ4v) is 1.70. The Morgan fingerprint density at radius 3 is 2.80 bits per heavy atom. The van der Waals surface area contributed by atoms with Crippen LogP contribution in [0.4, 0.5) is 5.82 Å². The summed E-state index contributed by atoms with van der Waals surface area (Å²) in [7, 11) is 1.94. The van der Waals surface area contributed by atoms with Gasteiger partial charge in [0, 0.05) is 25.9 Å². The van der Waals surface area contributed by atoms with E-state index >= 15 is 0 Å². The number of nitrogens with zero attached hydrogens (tertiary/aromatic N) is 2. The molecule has 86 valence electrons. The van der Waals surface area contributed by atoms with E-state index in [0.717, 1.165) is 18.3 Å². The molecule has 1 aromatic heterocycles. The van der Waals surface area contributed by atoms with Gasteiger partial charge in [-0.1, -0.05) is 33.1 Å². The van der Waals surface area contributed by atoms with Gasteiger partial charge in [-0.15, -0.1) is 0 Å². The Labute approximate surface area is 92.9 Å². The van der Waals surface area contributed by atoms with E-state index in [9.17, 15) is 0 Å². The van der Waals surface area contributed by atoms with Crippen LogP contribution in [0, 0.1) is 5.92 Å². The molecule has 0 saturated carbocycles. The number of rotatable bonds is 7. The molecule has 3 heteroatoms. The normalized spacial score (nSPS) is 12.7. The summed E-state index contributed by atoms with van der Waals surface area (Å²) in [6.45, 7) is 5.56. The lowest BCUT2D eigenvalue weighted by Gasteiger charge is -2.14. The molecule has 0 radical (unpaired) electrons. The second-order valence-electron chi connectivity index (χ2n) is 4.17. The van der Waals surface area contributed by atoms with Crippen LogP contribution >= 0.6 is 0 Å². The van der Waals surface area contributed by atoms with Gasteiger partial charge in [0.2, 0.25) is 0 Å². The first-order valence-electron chi connectivity index (χ1n) is 5.99. The van der Waals surface area contributed by atoms with Crippen LogP contribution in [0.2, 0.25) is 0 Å². The predicted molar refractivity (Wildman–Crippen MR) is 65.0 cm³/mol. The number of hydrogen-bond acceptors (Lipinski definition) is 2. The van der Waals surface area contributed by atoms with Crippen LogP contribution in [0.15, 0.2) is 12.3 Å². The van der Waals surface area contributed by atoms with Crippen molar-refractivity contribution in [3.05, 3.63) is 12.3 Å². The number of aryl methyl sites for hydroxylation is 1. The Hall–Kier alpha value is -0.990. The molecule has 15 heavy (non-hydrogen) atoms. The molecular formula is C12H23N3. The van der Waals surface area contributed by atoms with Gasteiger partial charge in [-0.25, -0.2) is 0 Å². The summed E-state index contributed by atoms with van der Waals surface area (Å²) < 4.78 is 1.83. The summed E-state index contributed by atoms with van der Waals surface area (Å²) in [5.74, 6) is 1.78. The minimum Gasteiger partial charge on any atom is -0.368 e. The number of nitrogens with one attached hydrogen (secondary N) is 1. The minimum atomic E-state index is 0.784. The monoisotopic (exact) mass is 209 g/mol. The molecule has 0 bridgehead atoms. The highest BCUT2D eigenvalue weighted by Crippen LogP contribution is 2.13. The van der Waals surface area contributed by atoms with Crippen molar-refractivity contribution in [1.29, 1.82) is 0 Å². The maximum Gasteiger partial charge on any atom is 0.147 e. The standard InChI is InChI=1S/C12H23N3/c1-4-6-7-11(5-2)10-13-12-8-9-15(3)14-12/h8-9,11H,4-7,10H2,1-3H3,(H,13,14). The minimum absolute atomic E-state index is 0.784. The smallest absolute Gasteiger partial charge is 0.147 e. The van der Waals surface area contributed by atoms with Gasteiger partial charge >= 0.3 is 0 Å². The average Bonchev–Trinajstić information content (AvgIpc) is 2.65. The third-order valence-corrected chi connectivity index (χ3v) is 2.83. The van der Waals surface area contributed by atoms with Gasteiger partial charge in [0.25, 0.3) is 0 Å². The summed E-state index contributed by atoms with van der Waals surface area (Å²) in [5.41, 5.74) is 0. The first-order chi connectivity index (χ1) is 7.26. The van der Waals surface area contributed by atoms with Gasteiger partial charge in [-0.2, -0.15) is 5.10 Å². The van der Waals surface area contributed by atoms with Crippen LogP contribution in [0.3, 0.4) is 0 Å². The van der Waals surface area contributed by atoms with Crippen molar-refractivity contribution < 1.29 is 0 Å². The van der Waals surface area contributed by atoms with Crippen molar-refractivity contribution in [2.45, 2.75) is 39.5 Å². The number of unbranched alkanes of at least 4 members (excludes halogenated alkanes) is 1. The zero-order chi connectivity index (χ0) is 11.1. The zero-order valence-corrected chi connectivity index (χ0v) is 10.2. The van der Waals surface area contributed by atoms with Crippen molar-refractivity contribution in [3.8, 4) is 0 Å². The molecule has 0 aromatic carbocycles. The first kappa shape index (κ1) is 12.1.